The third kappa shape index (κ3) is 15.2. The molecule has 2 atom stereocenters. The van der Waals surface area contributed by atoms with Gasteiger partial charge >= 0.3 is 0 Å². The Morgan fingerprint density at radius 1 is 0.195 bits per heavy atom. The number of fused-ring (bicyclic) bond motifs is 17. The normalized spacial score (nSPS) is 13.2. The fourth-order valence-corrected chi connectivity index (χ4v) is 24.0. The summed E-state index contributed by atoms with van der Waals surface area (Å²) in [6.07, 6.45) is 12.9. The second-order valence-corrected chi connectivity index (χ2v) is 39.0. The predicted octanol–water partition coefficient (Wildman–Crippen LogP) is 37.9. The average molecular weight is 1900 g/mol. The number of allylic oxidation sites excluding steroid dienone is 2. The number of anilines is 2. The largest absolute Gasteiger partial charge is 0.332 e. The maximum absolute atomic E-state index is 4.98. The lowest BCUT2D eigenvalue weighted by Gasteiger charge is -2.29. The van der Waals surface area contributed by atoms with Gasteiger partial charge in [-0.1, -0.05) is 419 Å². The third-order valence-corrected chi connectivity index (χ3v) is 30.6. The van der Waals surface area contributed by atoms with Crippen molar-refractivity contribution in [2.75, 3.05) is 4.90 Å². The summed E-state index contributed by atoms with van der Waals surface area (Å²) in [4.78, 5) is 17.2. The minimum atomic E-state index is 0.169. The Balaban J connectivity index is 0.000000108. The van der Waals surface area contributed by atoms with Gasteiger partial charge in [0.15, 0.2) is 0 Å². The molecule has 0 bridgehead atoms. The van der Waals surface area contributed by atoms with E-state index >= 15 is 0 Å². The molecule has 5 aromatic heterocycles. The number of hydrogen-bond donors (Lipinski definition) is 0. The number of pyridine rings is 3. The van der Waals surface area contributed by atoms with E-state index in [1.54, 1.807) is 0 Å². The predicted molar refractivity (Wildman–Crippen MR) is 629 cm³/mol. The Hall–Kier alpha value is -19.5. The number of aromatic nitrogens is 5. The van der Waals surface area contributed by atoms with Gasteiger partial charge < -0.3 is 14.0 Å². The molecule has 28 aromatic rings. The van der Waals surface area contributed by atoms with Crippen molar-refractivity contribution >= 4 is 147 Å². The van der Waals surface area contributed by atoms with Crippen LogP contribution >= 0.6 is 0 Å². The molecule has 0 fully saturated rings. The molecule has 0 saturated heterocycles. The lowest BCUT2D eigenvalue weighted by Crippen LogP contribution is -2.28. The van der Waals surface area contributed by atoms with E-state index in [1.807, 2.05) is 30.7 Å². The van der Waals surface area contributed by atoms with Gasteiger partial charge in [-0.15, -0.1) is 0 Å². The molecule has 696 valence electrons. The van der Waals surface area contributed by atoms with Gasteiger partial charge in [0, 0.05) is 63.3 Å². The quantitative estimate of drug-likeness (QED) is 0.108. The zero-order chi connectivity index (χ0) is 98.4. The maximum atomic E-state index is 4.98. The van der Waals surface area contributed by atoms with Crippen LogP contribution < -0.4 is 4.90 Å². The van der Waals surface area contributed by atoms with Crippen molar-refractivity contribution in [1.82, 2.24) is 24.1 Å². The fourth-order valence-electron chi connectivity index (χ4n) is 24.0. The monoisotopic (exact) mass is 1890 g/mol. The summed E-state index contributed by atoms with van der Waals surface area (Å²) in [6, 6.07) is 189. The highest BCUT2D eigenvalue weighted by Gasteiger charge is 2.40. The van der Waals surface area contributed by atoms with Gasteiger partial charge in [0.2, 0.25) is 0 Å². The highest BCUT2D eigenvalue weighted by atomic mass is 15.2. The molecule has 0 spiro atoms. The Kier molecular flexibility index (Phi) is 21.7. The van der Waals surface area contributed by atoms with E-state index in [2.05, 4.69) is 542 Å². The molecule has 23 aromatic carbocycles. The second kappa shape index (κ2) is 37.0. The summed E-state index contributed by atoms with van der Waals surface area (Å²) in [5.74, 6) is 0.169. The number of hydrogen-bond acceptors (Lipinski definition) is 4. The van der Waals surface area contributed by atoms with Gasteiger partial charge in [-0.3, -0.25) is 15.0 Å². The standard InChI is InChI=1S/C51H32N2.C49H32N2.C43H30N2/c1-2-15-41(16-3-1)53-47-27-25-38(32-46(47)51-48(53)19-10-28-52-51)37-24-26-44-45(31-37)50(40-23-21-34-12-5-7-14-36(34)30-40)43-18-9-8-17-42(43)49(44)39-22-20-33-11-4-6-13-35(33)29-39;1-5-15-33(16-6-1)46-39-23-13-14-24-40(39)47(34-17-7-2-8-18-34)42-31-36(25-27-41(42)46)37-26-28-44-43(32-37)48-45(51(44)38-21-11-4-12-22-38)29-30-50-49(48)35-19-9-3-10-20-35;1-4-13-29(14-5-1)41-34-19-10-11-20-35(34)42(30-15-6-2-7-16-30)37-27-31(22-24-36(37)41)32-23-25-39-38(28-32)43-40(21-12-26-44-43)45(39)33-17-8-3-9-18-33/h1-32H;1-32H;1-28,38-39H. The minimum Gasteiger partial charge on any atom is -0.332 e. The van der Waals surface area contributed by atoms with E-state index in [0.29, 0.717) is 0 Å². The van der Waals surface area contributed by atoms with Crippen molar-refractivity contribution in [3.05, 3.63) is 570 Å². The van der Waals surface area contributed by atoms with Crippen molar-refractivity contribution in [1.29, 1.82) is 0 Å². The summed E-state index contributed by atoms with van der Waals surface area (Å²) in [5, 5.41) is 23.6. The van der Waals surface area contributed by atoms with E-state index in [-0.39, 0.29) is 12.0 Å². The van der Waals surface area contributed by atoms with Crippen molar-refractivity contribution in [2.24, 2.45) is 0 Å². The smallest absolute Gasteiger partial charge is 0.0963 e. The van der Waals surface area contributed by atoms with Crippen LogP contribution in [0.15, 0.2) is 559 Å². The molecule has 0 radical (unpaired) electrons. The number of benzene rings is 23. The molecule has 30 rings (SSSR count). The molecule has 2 aliphatic rings. The van der Waals surface area contributed by atoms with Crippen LogP contribution in [0.25, 0.3) is 247 Å². The summed E-state index contributed by atoms with van der Waals surface area (Å²) >= 11 is 0. The lowest BCUT2D eigenvalue weighted by atomic mass is 9.83. The molecule has 149 heavy (non-hydrogen) atoms. The first kappa shape index (κ1) is 87.3. The van der Waals surface area contributed by atoms with Crippen molar-refractivity contribution in [2.45, 2.75) is 12.0 Å². The van der Waals surface area contributed by atoms with Crippen LogP contribution in [0.1, 0.15) is 17.2 Å². The molecule has 2 unspecified atom stereocenters. The zero-order valence-electron chi connectivity index (χ0n) is 81.5. The Morgan fingerprint density at radius 2 is 0.537 bits per heavy atom. The van der Waals surface area contributed by atoms with Crippen LogP contribution in [-0.4, -0.2) is 30.1 Å². The van der Waals surface area contributed by atoms with E-state index in [1.165, 1.54) is 203 Å². The molecule has 6 nitrogen and oxygen atoms in total. The van der Waals surface area contributed by atoms with E-state index in [4.69, 9.17) is 15.0 Å². The van der Waals surface area contributed by atoms with Gasteiger partial charge in [0.25, 0.3) is 0 Å². The number of nitrogens with zero attached hydrogens (tertiary/aromatic N) is 6. The number of para-hydroxylation sites is 3. The average Bonchev–Trinajstić information content (AvgIpc) is 1.69. The summed E-state index contributed by atoms with van der Waals surface area (Å²) in [6.45, 7) is 0. The van der Waals surface area contributed by atoms with Crippen LogP contribution in [0.5, 0.6) is 0 Å². The molecule has 1 aliphatic heterocycles. The SMILES string of the molecule is C1=CC2C(C=C1c1ccc3c(-c4ccccc4)c4ccccc4c(-c4ccccc4)c3c1)c1ncccc1N2c1ccccc1.c1ccc(-c2c3ccccc3c(-c3ccccc3)c3cc(-c4ccc5c(c4)c4c(-c6ccccc6)nccc4n5-c4ccccc4)ccc23)cc1.c1ccc(-n2c3ccc(-c4ccc5c(-c6ccc7ccccc7c6)c6ccccc6c(-c6ccc7ccccc7c6)c5c4)cc3c3ncccc32)cc1. The number of rotatable bonds is 13. The summed E-state index contributed by atoms with van der Waals surface area (Å²) in [5.41, 5.74) is 35.6. The van der Waals surface area contributed by atoms with Crippen LogP contribution in [0.3, 0.4) is 0 Å². The molecule has 0 saturated carbocycles. The fraction of sp³-hybridized carbons (Fsp3) is 0.0140. The van der Waals surface area contributed by atoms with Crippen LogP contribution in [0.2, 0.25) is 0 Å². The molecule has 6 heterocycles. The van der Waals surface area contributed by atoms with Crippen molar-refractivity contribution in [3.63, 3.8) is 0 Å². The Morgan fingerprint density at radius 3 is 1.01 bits per heavy atom. The van der Waals surface area contributed by atoms with Gasteiger partial charge in [-0.25, -0.2) is 0 Å². The first-order chi connectivity index (χ1) is 74.0. The molecule has 0 amide bonds. The first-order valence-corrected chi connectivity index (χ1v) is 51.3. The van der Waals surface area contributed by atoms with Crippen LogP contribution in [0.4, 0.5) is 11.4 Å². The molecular formula is C143H94N6. The second-order valence-electron chi connectivity index (χ2n) is 39.0. The van der Waals surface area contributed by atoms with Crippen molar-refractivity contribution < 1.29 is 0 Å². The summed E-state index contributed by atoms with van der Waals surface area (Å²) < 4.78 is 4.69. The van der Waals surface area contributed by atoms with Crippen LogP contribution in [0, 0.1) is 0 Å². The highest BCUT2D eigenvalue weighted by molar-refractivity contribution is 6.26. The molecule has 1 aliphatic carbocycles. The third-order valence-electron chi connectivity index (χ3n) is 30.6. The van der Waals surface area contributed by atoms with Gasteiger partial charge in [0.1, 0.15) is 0 Å². The molecule has 6 heteroatoms. The van der Waals surface area contributed by atoms with Gasteiger partial charge in [-0.05, 0) is 308 Å². The molecule has 0 N–H and O–H groups in total. The van der Waals surface area contributed by atoms with Gasteiger partial charge in [-0.2, -0.15) is 0 Å². The molecular weight excluding hydrogens is 1800 g/mol. The van der Waals surface area contributed by atoms with E-state index in [0.717, 1.165) is 66.7 Å². The zero-order valence-corrected chi connectivity index (χ0v) is 81.5. The van der Waals surface area contributed by atoms with E-state index < -0.39 is 0 Å². The lowest BCUT2D eigenvalue weighted by molar-refractivity contribution is 0.735. The van der Waals surface area contributed by atoms with E-state index in [9.17, 15) is 0 Å². The first-order valence-electron chi connectivity index (χ1n) is 51.3. The van der Waals surface area contributed by atoms with Crippen molar-refractivity contribution in [3.8, 4) is 112 Å². The highest BCUT2D eigenvalue weighted by Crippen LogP contribution is 2.54. The maximum Gasteiger partial charge on any atom is 0.0963 e. The van der Waals surface area contributed by atoms with Gasteiger partial charge in [0.05, 0.1) is 50.7 Å². The Labute approximate surface area is 863 Å². The Bertz CT molecular complexity index is 10200. The summed E-state index contributed by atoms with van der Waals surface area (Å²) in [7, 11) is 0. The minimum absolute atomic E-state index is 0.169. The van der Waals surface area contributed by atoms with Crippen LogP contribution in [-0.2, 0) is 0 Å². The topological polar surface area (TPSA) is 51.8 Å².